The van der Waals surface area contributed by atoms with Crippen LogP contribution in [0.3, 0.4) is 0 Å². The topological polar surface area (TPSA) is 17.1 Å². The van der Waals surface area contributed by atoms with Gasteiger partial charge in [-0.05, 0) is 12.8 Å². The molecule has 0 amide bonds. The average molecular weight is 380 g/mol. The van der Waals surface area contributed by atoms with Crippen LogP contribution in [0, 0.1) is 5.92 Å². The van der Waals surface area contributed by atoms with Crippen molar-refractivity contribution in [1.29, 1.82) is 0 Å². The first-order valence-electron chi connectivity index (χ1n) is 12.7. The summed E-state index contributed by atoms with van der Waals surface area (Å²) in [6.07, 6.45) is 31.9. The molecule has 1 radical (unpaired) electrons. The summed E-state index contributed by atoms with van der Waals surface area (Å²) >= 11 is 0. The third kappa shape index (κ3) is 21.8. The lowest BCUT2D eigenvalue weighted by Gasteiger charge is -2.09. The summed E-state index contributed by atoms with van der Waals surface area (Å²) in [5.41, 5.74) is 0. The van der Waals surface area contributed by atoms with Gasteiger partial charge in [0.15, 0.2) is 0 Å². The van der Waals surface area contributed by atoms with Crippen LogP contribution < -0.4 is 0 Å². The number of rotatable bonds is 23. The Balaban J connectivity index is 3.27. The molecule has 0 aliphatic carbocycles. The first kappa shape index (κ1) is 26.7. The van der Waals surface area contributed by atoms with E-state index in [0.29, 0.717) is 0 Å². The van der Waals surface area contributed by atoms with Gasteiger partial charge in [-0.2, -0.15) is 0 Å². The van der Waals surface area contributed by atoms with Crippen LogP contribution >= 0.6 is 0 Å². The molecular formula is C26H51O. The average Bonchev–Trinajstić information content (AvgIpc) is 2.69. The zero-order valence-electron chi connectivity index (χ0n) is 19.0. The Morgan fingerprint density at radius 1 is 0.444 bits per heavy atom. The lowest BCUT2D eigenvalue weighted by atomic mass is 9.95. The maximum atomic E-state index is 11.2. The van der Waals surface area contributed by atoms with Crippen LogP contribution in [0.1, 0.15) is 155 Å². The van der Waals surface area contributed by atoms with Gasteiger partial charge in [0.2, 0.25) is 6.29 Å². The molecule has 0 rings (SSSR count). The van der Waals surface area contributed by atoms with Gasteiger partial charge in [0.25, 0.3) is 0 Å². The molecule has 0 spiro atoms. The summed E-state index contributed by atoms with van der Waals surface area (Å²) in [6.45, 7) is 4.55. The second-order valence-electron chi connectivity index (χ2n) is 8.76. The van der Waals surface area contributed by atoms with Gasteiger partial charge in [-0.15, -0.1) is 0 Å². The third-order valence-electron chi connectivity index (χ3n) is 5.98. The molecule has 0 saturated carbocycles. The van der Waals surface area contributed by atoms with E-state index in [2.05, 4.69) is 20.1 Å². The highest BCUT2D eigenvalue weighted by Crippen LogP contribution is 2.18. The minimum Gasteiger partial charge on any atom is -0.291 e. The van der Waals surface area contributed by atoms with Crippen molar-refractivity contribution >= 4 is 6.29 Å². The Labute approximate surface area is 172 Å². The molecule has 0 aromatic carbocycles. The van der Waals surface area contributed by atoms with Gasteiger partial charge in [0, 0.05) is 5.92 Å². The number of hydrogen-bond acceptors (Lipinski definition) is 1. The van der Waals surface area contributed by atoms with Crippen LogP contribution in [0.4, 0.5) is 0 Å². The van der Waals surface area contributed by atoms with Gasteiger partial charge in [-0.1, -0.05) is 142 Å². The molecule has 161 valence electrons. The Morgan fingerprint density at radius 2 is 0.704 bits per heavy atom. The van der Waals surface area contributed by atoms with E-state index in [0.717, 1.165) is 12.8 Å². The van der Waals surface area contributed by atoms with E-state index >= 15 is 0 Å². The van der Waals surface area contributed by atoms with Crippen LogP contribution in [0.15, 0.2) is 0 Å². The van der Waals surface area contributed by atoms with E-state index in [9.17, 15) is 4.79 Å². The summed E-state index contributed by atoms with van der Waals surface area (Å²) in [5, 5.41) is 0. The molecule has 1 nitrogen and oxygen atoms in total. The Hall–Kier alpha value is -0.330. The van der Waals surface area contributed by atoms with E-state index in [1.165, 1.54) is 128 Å². The van der Waals surface area contributed by atoms with Crippen LogP contribution in [0.2, 0.25) is 0 Å². The molecule has 0 aromatic heterocycles. The number of unbranched alkanes of at least 4 members (excludes halogenated alkanes) is 18. The zero-order valence-corrected chi connectivity index (χ0v) is 19.0. The van der Waals surface area contributed by atoms with Gasteiger partial charge in [-0.25, -0.2) is 0 Å². The molecule has 0 saturated heterocycles. The fraction of sp³-hybridized carbons (Fsp3) is 0.962. The van der Waals surface area contributed by atoms with Crippen molar-refractivity contribution in [2.45, 2.75) is 155 Å². The van der Waals surface area contributed by atoms with E-state index in [-0.39, 0.29) is 5.92 Å². The molecule has 0 heterocycles. The molecule has 1 atom stereocenters. The van der Waals surface area contributed by atoms with Crippen molar-refractivity contribution in [3.8, 4) is 0 Å². The predicted octanol–water partition coefficient (Wildman–Crippen LogP) is 9.33. The van der Waals surface area contributed by atoms with E-state index in [4.69, 9.17) is 0 Å². The van der Waals surface area contributed by atoms with Crippen LogP contribution in [-0.2, 0) is 4.79 Å². The van der Waals surface area contributed by atoms with Gasteiger partial charge < -0.3 is 0 Å². The number of carbonyl (C=O) groups excluding carboxylic acids is 1. The molecular weight excluding hydrogens is 328 g/mol. The first-order valence-corrected chi connectivity index (χ1v) is 12.7. The summed E-state index contributed by atoms with van der Waals surface area (Å²) in [4.78, 5) is 11.2. The van der Waals surface area contributed by atoms with Gasteiger partial charge in [0.1, 0.15) is 0 Å². The molecule has 0 fully saturated rings. The molecule has 0 aliphatic rings. The smallest absolute Gasteiger partial charge is 0.201 e. The fourth-order valence-electron chi connectivity index (χ4n) is 4.02. The Morgan fingerprint density at radius 3 is 0.963 bits per heavy atom. The van der Waals surface area contributed by atoms with Crippen molar-refractivity contribution < 1.29 is 4.79 Å². The maximum Gasteiger partial charge on any atom is 0.201 e. The minimum absolute atomic E-state index is 0.216. The predicted molar refractivity (Wildman–Crippen MR) is 122 cm³/mol. The molecule has 1 unspecified atom stereocenters. The Kier molecular flexibility index (Phi) is 23.4. The highest BCUT2D eigenvalue weighted by Gasteiger charge is 2.07. The van der Waals surface area contributed by atoms with Crippen molar-refractivity contribution in [2.75, 3.05) is 0 Å². The summed E-state index contributed by atoms with van der Waals surface area (Å²) in [6, 6.07) is 0. The van der Waals surface area contributed by atoms with E-state index in [1.807, 2.05) is 0 Å². The summed E-state index contributed by atoms with van der Waals surface area (Å²) in [5.74, 6) is 0.216. The summed E-state index contributed by atoms with van der Waals surface area (Å²) < 4.78 is 0. The molecule has 0 aromatic rings. The van der Waals surface area contributed by atoms with Crippen LogP contribution in [0.5, 0.6) is 0 Å². The van der Waals surface area contributed by atoms with Gasteiger partial charge in [-0.3, -0.25) is 4.79 Å². The SMILES string of the molecule is CCCCCCCCCCCCCCC([C]=O)CCCCCCCCCC. The quantitative estimate of drug-likeness (QED) is 0.162. The van der Waals surface area contributed by atoms with Crippen molar-refractivity contribution in [2.24, 2.45) is 5.92 Å². The maximum absolute atomic E-state index is 11.2. The molecule has 0 bridgehead atoms. The monoisotopic (exact) mass is 379 g/mol. The van der Waals surface area contributed by atoms with E-state index < -0.39 is 0 Å². The Bertz CT molecular complexity index is 273. The molecule has 0 N–H and O–H groups in total. The lowest BCUT2D eigenvalue weighted by molar-refractivity contribution is 0.449. The second kappa shape index (κ2) is 23.7. The van der Waals surface area contributed by atoms with Gasteiger partial charge in [0.05, 0.1) is 0 Å². The molecule has 1 heteroatoms. The van der Waals surface area contributed by atoms with Crippen molar-refractivity contribution in [3.05, 3.63) is 0 Å². The highest BCUT2D eigenvalue weighted by atomic mass is 16.1. The van der Waals surface area contributed by atoms with Crippen molar-refractivity contribution in [1.82, 2.24) is 0 Å². The number of hydrogen-bond donors (Lipinski definition) is 0. The van der Waals surface area contributed by atoms with Crippen LogP contribution in [0.25, 0.3) is 0 Å². The highest BCUT2D eigenvalue weighted by molar-refractivity contribution is 5.54. The van der Waals surface area contributed by atoms with Crippen molar-refractivity contribution in [3.63, 3.8) is 0 Å². The normalized spacial score (nSPS) is 12.4. The standard InChI is InChI=1S/C26H51O/c1-3-5-7-9-11-13-14-15-16-18-20-22-24-26(25-27)23-21-19-17-12-10-8-6-4-2/h26H,3-24H2,1-2H3. The van der Waals surface area contributed by atoms with Crippen LogP contribution in [-0.4, -0.2) is 6.29 Å². The lowest BCUT2D eigenvalue weighted by Crippen LogP contribution is -2.02. The first-order chi connectivity index (χ1) is 13.3. The minimum atomic E-state index is 0.216. The fourth-order valence-corrected chi connectivity index (χ4v) is 4.02. The van der Waals surface area contributed by atoms with Gasteiger partial charge >= 0.3 is 0 Å². The largest absolute Gasteiger partial charge is 0.291 e. The zero-order chi connectivity index (χ0) is 19.8. The second-order valence-corrected chi connectivity index (χ2v) is 8.76. The molecule has 0 aliphatic heterocycles. The molecule has 27 heavy (non-hydrogen) atoms. The van der Waals surface area contributed by atoms with E-state index in [1.54, 1.807) is 0 Å². The third-order valence-corrected chi connectivity index (χ3v) is 5.98. The summed E-state index contributed by atoms with van der Waals surface area (Å²) in [7, 11) is 0.